The van der Waals surface area contributed by atoms with Crippen LogP contribution in [0, 0.1) is 5.92 Å². The maximum absolute atomic E-state index is 11.9. The van der Waals surface area contributed by atoms with Crippen LogP contribution in [0.5, 0.6) is 0 Å². The summed E-state index contributed by atoms with van der Waals surface area (Å²) in [6.45, 7) is 4.17. The van der Waals surface area contributed by atoms with Gasteiger partial charge in [-0.05, 0) is 53.5 Å². The van der Waals surface area contributed by atoms with Crippen molar-refractivity contribution in [2.45, 2.75) is 25.8 Å². The molecule has 1 amide bonds. The lowest BCUT2D eigenvalue weighted by Gasteiger charge is -2.30. The van der Waals surface area contributed by atoms with Crippen LogP contribution in [-0.2, 0) is 11.2 Å². The molecule has 5 heteroatoms. The Bertz CT molecular complexity index is 394. The van der Waals surface area contributed by atoms with E-state index in [0.717, 1.165) is 28.2 Å². The number of carbonyl (C=O) groups excluding carboxylic acids is 1. The van der Waals surface area contributed by atoms with E-state index in [0.29, 0.717) is 18.4 Å². The Morgan fingerprint density at radius 3 is 3.12 bits per heavy atom. The second-order valence-corrected chi connectivity index (χ2v) is 7.07. The molecule has 0 radical (unpaired) electrons. The van der Waals surface area contributed by atoms with Gasteiger partial charge < -0.3 is 10.6 Å². The quantitative estimate of drug-likeness (QED) is 0.897. The normalized spacial score (nSPS) is 24.6. The zero-order valence-electron chi connectivity index (χ0n) is 9.83. The zero-order chi connectivity index (χ0) is 12.3. The van der Waals surface area contributed by atoms with Crippen molar-refractivity contribution >= 4 is 33.2 Å². The van der Waals surface area contributed by atoms with E-state index in [4.69, 9.17) is 0 Å². The summed E-state index contributed by atoms with van der Waals surface area (Å²) >= 11 is 5.03. The third-order valence-electron chi connectivity index (χ3n) is 3.10. The molecule has 0 saturated carbocycles. The number of nitrogens with one attached hydrogen (secondary N) is 2. The third-order valence-corrected chi connectivity index (χ3v) is 4.72. The highest BCUT2D eigenvalue weighted by Gasteiger charge is 2.22. The summed E-state index contributed by atoms with van der Waals surface area (Å²) in [5, 5.41) is 6.47. The summed E-state index contributed by atoms with van der Waals surface area (Å²) in [5.41, 5.74) is 0. The molecule has 1 aromatic rings. The van der Waals surface area contributed by atoms with Gasteiger partial charge in [0.05, 0.1) is 10.2 Å². The number of carbonyl (C=O) groups is 1. The average Bonchev–Trinajstić information content (AvgIpc) is 2.67. The number of thiophene rings is 1. The van der Waals surface area contributed by atoms with Gasteiger partial charge in [-0.2, -0.15) is 0 Å². The summed E-state index contributed by atoms with van der Waals surface area (Å²) in [5.74, 6) is 0.654. The first-order valence-corrected chi connectivity index (χ1v) is 7.50. The van der Waals surface area contributed by atoms with Gasteiger partial charge in [0.25, 0.3) is 0 Å². The first-order valence-electron chi connectivity index (χ1n) is 5.89. The average molecular weight is 317 g/mol. The van der Waals surface area contributed by atoms with Crippen LogP contribution in [0.4, 0.5) is 0 Å². The van der Waals surface area contributed by atoms with E-state index in [9.17, 15) is 4.79 Å². The molecule has 2 rings (SSSR count). The maximum Gasteiger partial charge on any atom is 0.225 e. The molecule has 1 saturated heterocycles. The van der Waals surface area contributed by atoms with Crippen molar-refractivity contribution < 1.29 is 4.79 Å². The second-order valence-electron chi connectivity index (χ2n) is 4.53. The number of amides is 1. The molecule has 0 spiro atoms. The van der Waals surface area contributed by atoms with Crippen molar-refractivity contribution in [3.8, 4) is 0 Å². The van der Waals surface area contributed by atoms with Crippen LogP contribution in [0.3, 0.4) is 0 Å². The van der Waals surface area contributed by atoms with E-state index in [1.165, 1.54) is 0 Å². The predicted molar refractivity (Wildman–Crippen MR) is 74.3 cm³/mol. The summed E-state index contributed by atoms with van der Waals surface area (Å²) in [7, 11) is 0. The van der Waals surface area contributed by atoms with Crippen molar-refractivity contribution in [3.63, 3.8) is 0 Å². The summed E-state index contributed by atoms with van der Waals surface area (Å²) in [4.78, 5) is 13.0. The lowest BCUT2D eigenvalue weighted by Crippen LogP contribution is -2.48. The Kier molecular flexibility index (Phi) is 4.59. The number of piperidine rings is 1. The van der Waals surface area contributed by atoms with Crippen LogP contribution < -0.4 is 10.6 Å². The molecule has 2 unspecified atom stereocenters. The molecule has 2 N–H and O–H groups in total. The van der Waals surface area contributed by atoms with Crippen molar-refractivity contribution in [1.29, 1.82) is 0 Å². The van der Waals surface area contributed by atoms with Gasteiger partial charge in [-0.1, -0.05) is 6.92 Å². The highest BCUT2D eigenvalue weighted by atomic mass is 79.9. The number of halogens is 1. The standard InChI is InChI=1S/C12H17BrN2OS/c1-8-7-14-5-4-10(8)15-12(16)6-9-2-3-11(13)17-9/h2-3,8,10,14H,4-7H2,1H3,(H,15,16). The van der Waals surface area contributed by atoms with Crippen molar-refractivity contribution in [1.82, 2.24) is 10.6 Å². The van der Waals surface area contributed by atoms with Crippen LogP contribution in [0.25, 0.3) is 0 Å². The molecule has 17 heavy (non-hydrogen) atoms. The molecule has 0 aromatic carbocycles. The Morgan fingerprint density at radius 2 is 2.47 bits per heavy atom. The van der Waals surface area contributed by atoms with Gasteiger partial charge in [0.15, 0.2) is 0 Å². The molecule has 2 atom stereocenters. The predicted octanol–water partition coefficient (Wildman–Crippen LogP) is 2.17. The molecule has 1 aliphatic rings. The molecule has 3 nitrogen and oxygen atoms in total. The summed E-state index contributed by atoms with van der Waals surface area (Å²) in [6, 6.07) is 4.31. The topological polar surface area (TPSA) is 41.1 Å². The first kappa shape index (κ1) is 13.1. The fourth-order valence-corrected chi connectivity index (χ4v) is 3.57. The lowest BCUT2D eigenvalue weighted by atomic mass is 9.95. The Balaban J connectivity index is 1.84. The third kappa shape index (κ3) is 3.79. The first-order chi connectivity index (χ1) is 8.15. The SMILES string of the molecule is CC1CNCCC1NC(=O)Cc1ccc(Br)s1. The van der Waals surface area contributed by atoms with Gasteiger partial charge >= 0.3 is 0 Å². The molecule has 1 fully saturated rings. The van der Waals surface area contributed by atoms with Gasteiger partial charge in [0.1, 0.15) is 0 Å². The maximum atomic E-state index is 11.9. The number of hydrogen-bond acceptors (Lipinski definition) is 3. The van der Waals surface area contributed by atoms with E-state index in [1.807, 2.05) is 12.1 Å². The molecular weight excluding hydrogens is 300 g/mol. The Morgan fingerprint density at radius 1 is 1.65 bits per heavy atom. The van der Waals surface area contributed by atoms with Crippen LogP contribution in [0.1, 0.15) is 18.2 Å². The van der Waals surface area contributed by atoms with Crippen LogP contribution in [0.2, 0.25) is 0 Å². The minimum Gasteiger partial charge on any atom is -0.353 e. The van der Waals surface area contributed by atoms with Crippen LogP contribution in [-0.4, -0.2) is 25.0 Å². The molecule has 1 aromatic heterocycles. The fourth-order valence-electron chi connectivity index (χ4n) is 2.09. The van der Waals surface area contributed by atoms with Gasteiger partial charge in [0, 0.05) is 10.9 Å². The number of rotatable bonds is 3. The second kappa shape index (κ2) is 5.98. The van der Waals surface area contributed by atoms with Crippen molar-refractivity contribution in [2.75, 3.05) is 13.1 Å². The molecule has 94 valence electrons. The fraction of sp³-hybridized carbons (Fsp3) is 0.583. The van der Waals surface area contributed by atoms with E-state index in [-0.39, 0.29) is 5.91 Å². The van der Waals surface area contributed by atoms with E-state index < -0.39 is 0 Å². The molecule has 0 bridgehead atoms. The zero-order valence-corrected chi connectivity index (χ0v) is 12.2. The van der Waals surface area contributed by atoms with Gasteiger partial charge in [-0.15, -0.1) is 11.3 Å². The Hall–Kier alpha value is -0.390. The van der Waals surface area contributed by atoms with Gasteiger partial charge in [-0.25, -0.2) is 0 Å². The van der Waals surface area contributed by atoms with Crippen molar-refractivity contribution in [3.05, 3.63) is 20.8 Å². The van der Waals surface area contributed by atoms with Crippen molar-refractivity contribution in [2.24, 2.45) is 5.92 Å². The van der Waals surface area contributed by atoms with E-state index >= 15 is 0 Å². The molecule has 1 aliphatic heterocycles. The summed E-state index contributed by atoms with van der Waals surface area (Å²) < 4.78 is 1.08. The van der Waals surface area contributed by atoms with Crippen LogP contribution >= 0.6 is 27.3 Å². The highest BCUT2D eigenvalue weighted by molar-refractivity contribution is 9.11. The molecule has 2 heterocycles. The Labute approximate surface area is 114 Å². The summed E-state index contributed by atoms with van der Waals surface area (Å²) in [6.07, 6.45) is 1.52. The largest absolute Gasteiger partial charge is 0.353 e. The van der Waals surface area contributed by atoms with E-state index in [2.05, 4.69) is 33.5 Å². The van der Waals surface area contributed by atoms with Gasteiger partial charge in [-0.3, -0.25) is 4.79 Å². The van der Waals surface area contributed by atoms with Gasteiger partial charge in [0.2, 0.25) is 5.91 Å². The minimum absolute atomic E-state index is 0.137. The monoisotopic (exact) mass is 316 g/mol. The smallest absolute Gasteiger partial charge is 0.225 e. The molecular formula is C12H17BrN2OS. The van der Waals surface area contributed by atoms with Crippen LogP contribution in [0.15, 0.2) is 15.9 Å². The number of hydrogen-bond donors (Lipinski definition) is 2. The minimum atomic E-state index is 0.137. The van der Waals surface area contributed by atoms with E-state index in [1.54, 1.807) is 11.3 Å². The lowest BCUT2D eigenvalue weighted by molar-refractivity contribution is -0.121. The molecule has 0 aliphatic carbocycles. The highest BCUT2D eigenvalue weighted by Crippen LogP contribution is 2.22.